The first-order chi connectivity index (χ1) is 11.4. The maximum Gasteiger partial charge on any atom is 0.243 e. The molecule has 1 atom stereocenters. The lowest BCUT2D eigenvalue weighted by atomic mass is 10.1. The molecule has 1 fully saturated rings. The number of hydrogen-bond acceptors (Lipinski definition) is 5. The minimum atomic E-state index is -3.47. The Kier molecular flexibility index (Phi) is 6.73. The van der Waals surface area contributed by atoms with E-state index in [4.69, 9.17) is 10.5 Å². The number of aryl methyl sites for hydroxylation is 1. The Hall–Kier alpha value is -1.48. The average Bonchev–Trinajstić information content (AvgIpc) is 2.61. The monoisotopic (exact) mass is 355 g/mol. The van der Waals surface area contributed by atoms with Gasteiger partial charge in [-0.2, -0.15) is 4.31 Å². The van der Waals surface area contributed by atoms with Crippen LogP contribution in [0.25, 0.3) is 0 Å². The van der Waals surface area contributed by atoms with E-state index in [0.717, 1.165) is 5.56 Å². The Morgan fingerprint density at radius 2 is 1.92 bits per heavy atom. The van der Waals surface area contributed by atoms with Crippen molar-refractivity contribution in [3.8, 4) is 0 Å². The highest BCUT2D eigenvalue weighted by molar-refractivity contribution is 7.89. The van der Waals surface area contributed by atoms with Crippen molar-refractivity contribution in [1.29, 1.82) is 0 Å². The normalized spacial score (nSPS) is 17.4. The summed E-state index contributed by atoms with van der Waals surface area (Å²) in [6, 6.07) is 6.67. The van der Waals surface area contributed by atoms with Gasteiger partial charge in [0.1, 0.15) is 0 Å². The fourth-order valence-corrected chi connectivity index (χ4v) is 3.84. The van der Waals surface area contributed by atoms with Gasteiger partial charge in [0.05, 0.1) is 18.1 Å². The van der Waals surface area contributed by atoms with Gasteiger partial charge in [-0.25, -0.2) is 8.42 Å². The number of rotatable bonds is 7. The molecule has 1 amide bonds. The Balaban J connectivity index is 1.94. The highest BCUT2D eigenvalue weighted by atomic mass is 32.2. The van der Waals surface area contributed by atoms with E-state index in [1.807, 2.05) is 6.92 Å². The van der Waals surface area contributed by atoms with Crippen LogP contribution in [0.5, 0.6) is 0 Å². The van der Waals surface area contributed by atoms with Gasteiger partial charge in [-0.15, -0.1) is 0 Å². The van der Waals surface area contributed by atoms with Crippen LogP contribution in [0.4, 0.5) is 0 Å². The molecule has 0 aromatic heterocycles. The third-order valence-corrected chi connectivity index (χ3v) is 5.85. The number of nitrogens with one attached hydrogen (secondary N) is 1. The minimum Gasteiger partial charge on any atom is -0.379 e. The zero-order valence-corrected chi connectivity index (χ0v) is 14.7. The predicted molar refractivity (Wildman–Crippen MR) is 91.0 cm³/mol. The topological polar surface area (TPSA) is 102 Å². The fourth-order valence-electron chi connectivity index (χ4n) is 2.43. The molecular formula is C16H25N3O4S. The van der Waals surface area contributed by atoms with Crippen LogP contribution in [-0.2, 0) is 26.0 Å². The molecule has 0 aliphatic carbocycles. The van der Waals surface area contributed by atoms with E-state index in [1.165, 1.54) is 4.31 Å². The van der Waals surface area contributed by atoms with Crippen LogP contribution < -0.4 is 11.1 Å². The quantitative estimate of drug-likeness (QED) is 0.722. The molecule has 0 radical (unpaired) electrons. The summed E-state index contributed by atoms with van der Waals surface area (Å²) in [5.41, 5.74) is 6.39. The molecule has 1 aliphatic rings. The van der Waals surface area contributed by atoms with Gasteiger partial charge >= 0.3 is 0 Å². The van der Waals surface area contributed by atoms with E-state index in [0.29, 0.717) is 45.7 Å². The number of morpholine rings is 1. The van der Waals surface area contributed by atoms with E-state index < -0.39 is 10.0 Å². The molecule has 1 saturated heterocycles. The predicted octanol–water partition coefficient (Wildman–Crippen LogP) is 0.104. The van der Waals surface area contributed by atoms with Crippen LogP contribution >= 0.6 is 0 Å². The van der Waals surface area contributed by atoms with Crippen molar-refractivity contribution in [1.82, 2.24) is 9.62 Å². The van der Waals surface area contributed by atoms with Crippen molar-refractivity contribution in [2.24, 2.45) is 5.73 Å². The zero-order chi connectivity index (χ0) is 17.6. The summed E-state index contributed by atoms with van der Waals surface area (Å²) in [6.07, 6.45) is 0.904. The molecule has 2 rings (SSSR count). The molecule has 1 aromatic rings. The number of amides is 1. The standard InChI is InChI=1S/C16H25N3O4S/c1-13(12-17)18-16(20)7-4-14-2-5-15(6-3-14)24(21,22)19-8-10-23-11-9-19/h2-3,5-6,13H,4,7-12,17H2,1H3,(H,18,20)/t13-/m0/s1. The zero-order valence-electron chi connectivity index (χ0n) is 13.9. The first-order valence-corrected chi connectivity index (χ1v) is 9.54. The summed E-state index contributed by atoms with van der Waals surface area (Å²) >= 11 is 0. The molecule has 24 heavy (non-hydrogen) atoms. The van der Waals surface area contributed by atoms with E-state index in [2.05, 4.69) is 5.32 Å². The van der Waals surface area contributed by atoms with Crippen molar-refractivity contribution in [3.05, 3.63) is 29.8 Å². The second-order valence-corrected chi connectivity index (χ2v) is 7.80. The highest BCUT2D eigenvalue weighted by Crippen LogP contribution is 2.18. The van der Waals surface area contributed by atoms with Crippen molar-refractivity contribution in [2.75, 3.05) is 32.8 Å². The molecule has 7 nitrogen and oxygen atoms in total. The van der Waals surface area contributed by atoms with Crippen molar-refractivity contribution >= 4 is 15.9 Å². The van der Waals surface area contributed by atoms with Gasteiger partial charge in [0.25, 0.3) is 0 Å². The maximum atomic E-state index is 12.5. The first-order valence-electron chi connectivity index (χ1n) is 8.09. The summed E-state index contributed by atoms with van der Waals surface area (Å²) < 4.78 is 31.7. The molecule has 0 spiro atoms. The first kappa shape index (κ1) is 18.9. The fraction of sp³-hybridized carbons (Fsp3) is 0.562. The second kappa shape index (κ2) is 8.57. The van der Waals surface area contributed by atoms with E-state index in [1.54, 1.807) is 24.3 Å². The molecule has 134 valence electrons. The Bertz CT molecular complexity index is 640. The number of nitrogens with two attached hydrogens (primary N) is 1. The van der Waals surface area contributed by atoms with Crippen LogP contribution in [0.15, 0.2) is 29.2 Å². The second-order valence-electron chi connectivity index (χ2n) is 5.86. The molecule has 1 aromatic carbocycles. The third kappa shape index (κ3) is 5.01. The van der Waals surface area contributed by atoms with Gasteiger partial charge in [0.2, 0.25) is 15.9 Å². The van der Waals surface area contributed by atoms with Crippen LogP contribution in [-0.4, -0.2) is 57.5 Å². The molecule has 1 heterocycles. The van der Waals surface area contributed by atoms with Crippen LogP contribution in [0.2, 0.25) is 0 Å². The van der Waals surface area contributed by atoms with E-state index in [-0.39, 0.29) is 16.8 Å². The lowest BCUT2D eigenvalue weighted by Gasteiger charge is -2.26. The largest absolute Gasteiger partial charge is 0.379 e. The van der Waals surface area contributed by atoms with E-state index >= 15 is 0 Å². The van der Waals surface area contributed by atoms with Crippen molar-refractivity contribution in [2.45, 2.75) is 30.7 Å². The number of sulfonamides is 1. The number of benzene rings is 1. The van der Waals surface area contributed by atoms with Gasteiger partial charge in [-0.05, 0) is 31.0 Å². The Morgan fingerprint density at radius 3 is 2.50 bits per heavy atom. The van der Waals surface area contributed by atoms with Crippen LogP contribution in [0.3, 0.4) is 0 Å². The van der Waals surface area contributed by atoms with Gasteiger partial charge in [0.15, 0.2) is 0 Å². The van der Waals surface area contributed by atoms with Gasteiger partial charge in [0, 0.05) is 32.1 Å². The maximum absolute atomic E-state index is 12.5. The third-order valence-electron chi connectivity index (χ3n) is 3.93. The molecule has 0 bridgehead atoms. The van der Waals surface area contributed by atoms with Crippen molar-refractivity contribution < 1.29 is 17.9 Å². The Labute approximate surface area is 143 Å². The number of ether oxygens (including phenoxy) is 1. The number of hydrogen-bond donors (Lipinski definition) is 2. The number of carbonyl (C=O) groups excluding carboxylic acids is 1. The SMILES string of the molecule is C[C@@H](CN)NC(=O)CCc1ccc(S(=O)(=O)N2CCOCC2)cc1. The average molecular weight is 355 g/mol. The molecule has 8 heteroatoms. The molecule has 1 aliphatic heterocycles. The number of nitrogens with zero attached hydrogens (tertiary/aromatic N) is 1. The van der Waals surface area contributed by atoms with Gasteiger partial charge in [-0.1, -0.05) is 12.1 Å². The summed E-state index contributed by atoms with van der Waals surface area (Å²) in [7, 11) is -3.47. The molecular weight excluding hydrogens is 330 g/mol. The van der Waals surface area contributed by atoms with Gasteiger partial charge in [-0.3, -0.25) is 4.79 Å². The summed E-state index contributed by atoms with van der Waals surface area (Å²) in [4.78, 5) is 12.0. The minimum absolute atomic E-state index is 0.0430. The van der Waals surface area contributed by atoms with E-state index in [9.17, 15) is 13.2 Å². The molecule has 3 N–H and O–H groups in total. The van der Waals surface area contributed by atoms with Crippen LogP contribution in [0.1, 0.15) is 18.9 Å². The number of carbonyl (C=O) groups is 1. The van der Waals surface area contributed by atoms with Gasteiger partial charge < -0.3 is 15.8 Å². The lowest BCUT2D eigenvalue weighted by molar-refractivity contribution is -0.121. The Morgan fingerprint density at radius 1 is 1.29 bits per heavy atom. The summed E-state index contributed by atoms with van der Waals surface area (Å²) in [5, 5.41) is 2.80. The molecule has 0 unspecified atom stereocenters. The smallest absolute Gasteiger partial charge is 0.243 e. The summed E-state index contributed by atoms with van der Waals surface area (Å²) in [5.74, 6) is -0.0574. The van der Waals surface area contributed by atoms with Crippen LogP contribution in [0, 0.1) is 0 Å². The highest BCUT2D eigenvalue weighted by Gasteiger charge is 2.26. The molecule has 0 saturated carbocycles. The van der Waals surface area contributed by atoms with Crippen molar-refractivity contribution in [3.63, 3.8) is 0 Å². The summed E-state index contributed by atoms with van der Waals surface area (Å²) in [6.45, 7) is 3.86. The lowest BCUT2D eigenvalue weighted by Crippen LogP contribution is -2.40.